The molecule has 0 aromatic carbocycles. The third-order valence-electron chi connectivity index (χ3n) is 1.27. The van der Waals surface area contributed by atoms with Crippen molar-refractivity contribution in [2.75, 3.05) is 0 Å². The minimum absolute atomic E-state index is 0.365. The smallest absolute Gasteiger partial charge is 0.423 e. The van der Waals surface area contributed by atoms with Crippen molar-refractivity contribution < 1.29 is 10.0 Å². The maximum absolute atomic E-state index is 8.68. The van der Waals surface area contributed by atoms with Gasteiger partial charge >= 0.3 is 7.12 Å². The molecule has 0 spiro atoms. The molecule has 10 heavy (non-hydrogen) atoms. The Morgan fingerprint density at radius 2 is 2.40 bits per heavy atom. The summed E-state index contributed by atoms with van der Waals surface area (Å²) in [6.45, 7) is 0. The number of allylic oxidation sites excluding steroid dienone is 1. The highest BCUT2D eigenvalue weighted by molar-refractivity contribution is 6.53. The summed E-state index contributed by atoms with van der Waals surface area (Å²) in [4.78, 5) is 3.78. The van der Waals surface area contributed by atoms with Crippen LogP contribution in [0.25, 0.3) is 0 Å². The normalized spacial score (nSPS) is 24.3. The molecule has 1 atom stereocenters. The first-order chi connectivity index (χ1) is 4.72. The van der Waals surface area contributed by atoms with Gasteiger partial charge < -0.3 is 10.0 Å². The van der Waals surface area contributed by atoms with E-state index in [1.54, 1.807) is 12.3 Å². The van der Waals surface area contributed by atoms with Crippen LogP contribution in [-0.2, 0) is 0 Å². The Bertz CT molecular complexity index is 180. The van der Waals surface area contributed by atoms with Crippen LogP contribution in [0.1, 0.15) is 6.42 Å². The summed E-state index contributed by atoms with van der Waals surface area (Å²) < 4.78 is 0. The standard InChI is InChI=1S/C5H7BClNO2/c7-5-4(6(9)10)2-1-3-8-5/h2-3,5,9-10H,1H2. The average Bonchev–Trinajstić information content (AvgIpc) is 1.88. The lowest BCUT2D eigenvalue weighted by molar-refractivity contribution is 0.417. The van der Waals surface area contributed by atoms with Gasteiger partial charge in [-0.1, -0.05) is 17.7 Å². The third kappa shape index (κ3) is 1.59. The Morgan fingerprint density at radius 3 is 2.80 bits per heavy atom. The second-order valence-corrected chi connectivity index (χ2v) is 2.39. The molecule has 1 heterocycles. The summed E-state index contributed by atoms with van der Waals surface area (Å²) in [6.07, 6.45) is 3.93. The summed E-state index contributed by atoms with van der Waals surface area (Å²) in [5.41, 5.74) is -0.238. The number of hydrogen-bond donors (Lipinski definition) is 2. The van der Waals surface area contributed by atoms with E-state index >= 15 is 0 Å². The molecule has 5 heteroatoms. The second-order valence-electron chi connectivity index (χ2n) is 1.98. The Morgan fingerprint density at radius 1 is 1.70 bits per heavy atom. The van der Waals surface area contributed by atoms with Gasteiger partial charge in [-0.05, 0) is 5.47 Å². The highest BCUT2D eigenvalue weighted by Gasteiger charge is 2.22. The number of alkyl halides is 1. The molecule has 0 aromatic rings. The summed E-state index contributed by atoms with van der Waals surface area (Å²) in [5, 5.41) is 17.4. The van der Waals surface area contributed by atoms with Gasteiger partial charge in [0.1, 0.15) is 5.50 Å². The molecule has 1 aliphatic rings. The van der Waals surface area contributed by atoms with Crippen molar-refractivity contribution in [1.29, 1.82) is 0 Å². The molecule has 0 amide bonds. The van der Waals surface area contributed by atoms with Crippen LogP contribution in [0.15, 0.2) is 16.5 Å². The van der Waals surface area contributed by atoms with Crippen LogP contribution in [0.3, 0.4) is 0 Å². The lowest BCUT2D eigenvalue weighted by Crippen LogP contribution is -2.23. The predicted octanol–water partition coefficient (Wildman–Crippen LogP) is -0.0358. The van der Waals surface area contributed by atoms with Crippen molar-refractivity contribution in [3.05, 3.63) is 11.5 Å². The molecular formula is C5H7BClNO2. The van der Waals surface area contributed by atoms with Crippen molar-refractivity contribution in [1.82, 2.24) is 0 Å². The van der Waals surface area contributed by atoms with Gasteiger partial charge in [0, 0.05) is 12.6 Å². The second kappa shape index (κ2) is 3.19. The van der Waals surface area contributed by atoms with E-state index in [0.29, 0.717) is 11.9 Å². The van der Waals surface area contributed by atoms with E-state index in [-0.39, 0.29) is 0 Å². The maximum Gasteiger partial charge on any atom is 0.487 e. The average molecular weight is 159 g/mol. The fourth-order valence-electron chi connectivity index (χ4n) is 0.754. The fourth-order valence-corrected chi connectivity index (χ4v) is 1.04. The van der Waals surface area contributed by atoms with Crippen molar-refractivity contribution in [3.8, 4) is 0 Å². The van der Waals surface area contributed by atoms with Crippen molar-refractivity contribution in [2.24, 2.45) is 4.99 Å². The third-order valence-corrected chi connectivity index (χ3v) is 1.63. The van der Waals surface area contributed by atoms with Crippen LogP contribution in [0.2, 0.25) is 0 Å². The van der Waals surface area contributed by atoms with E-state index in [1.165, 1.54) is 0 Å². The summed E-state index contributed by atoms with van der Waals surface area (Å²) >= 11 is 5.59. The van der Waals surface area contributed by atoms with Crippen LogP contribution in [0, 0.1) is 0 Å². The molecule has 3 nitrogen and oxygen atoms in total. The van der Waals surface area contributed by atoms with Gasteiger partial charge in [-0.15, -0.1) is 0 Å². The highest BCUT2D eigenvalue weighted by Crippen LogP contribution is 2.15. The molecular weight excluding hydrogens is 152 g/mol. The summed E-state index contributed by atoms with van der Waals surface area (Å²) in [6, 6.07) is 0. The maximum atomic E-state index is 8.68. The number of hydrogen-bond acceptors (Lipinski definition) is 3. The predicted molar refractivity (Wildman–Crippen MR) is 41.0 cm³/mol. The van der Waals surface area contributed by atoms with Crippen LogP contribution < -0.4 is 0 Å². The number of aliphatic imine (C=N–C) groups is 1. The zero-order valence-electron chi connectivity index (χ0n) is 5.24. The fraction of sp³-hybridized carbons (Fsp3) is 0.400. The van der Waals surface area contributed by atoms with E-state index in [4.69, 9.17) is 21.6 Å². The Balaban J connectivity index is 2.66. The lowest BCUT2D eigenvalue weighted by Gasteiger charge is -2.11. The lowest BCUT2D eigenvalue weighted by atomic mass is 9.78. The number of nitrogens with zero attached hydrogens (tertiary/aromatic N) is 1. The summed E-state index contributed by atoms with van der Waals surface area (Å²) in [5.74, 6) is 0. The monoisotopic (exact) mass is 159 g/mol. The molecule has 0 fully saturated rings. The van der Waals surface area contributed by atoms with Crippen LogP contribution in [0.4, 0.5) is 0 Å². The number of dihydropyridines is 1. The zero-order valence-corrected chi connectivity index (χ0v) is 5.99. The topological polar surface area (TPSA) is 52.8 Å². The largest absolute Gasteiger partial charge is 0.487 e. The van der Waals surface area contributed by atoms with E-state index < -0.39 is 12.6 Å². The van der Waals surface area contributed by atoms with Crippen LogP contribution in [0.5, 0.6) is 0 Å². The van der Waals surface area contributed by atoms with Gasteiger partial charge in [-0.2, -0.15) is 0 Å². The van der Waals surface area contributed by atoms with E-state index in [1.807, 2.05) is 0 Å². The van der Waals surface area contributed by atoms with Gasteiger partial charge in [0.05, 0.1) is 0 Å². The van der Waals surface area contributed by atoms with E-state index in [9.17, 15) is 0 Å². The quantitative estimate of drug-likeness (QED) is 0.321. The first-order valence-electron chi connectivity index (χ1n) is 2.93. The molecule has 0 saturated heterocycles. The molecule has 0 aromatic heterocycles. The molecule has 1 aliphatic heterocycles. The first kappa shape index (κ1) is 7.79. The number of halogens is 1. The Kier molecular flexibility index (Phi) is 2.48. The molecule has 0 radical (unpaired) electrons. The van der Waals surface area contributed by atoms with Gasteiger partial charge in [0.25, 0.3) is 0 Å². The van der Waals surface area contributed by atoms with E-state index in [0.717, 1.165) is 0 Å². The highest BCUT2D eigenvalue weighted by atomic mass is 35.5. The van der Waals surface area contributed by atoms with Gasteiger partial charge in [-0.25, -0.2) is 0 Å². The molecule has 54 valence electrons. The van der Waals surface area contributed by atoms with Crippen molar-refractivity contribution in [2.45, 2.75) is 11.9 Å². The van der Waals surface area contributed by atoms with Gasteiger partial charge in [0.15, 0.2) is 0 Å². The van der Waals surface area contributed by atoms with Gasteiger partial charge in [0.2, 0.25) is 0 Å². The summed E-state index contributed by atoms with van der Waals surface area (Å²) in [7, 11) is -1.47. The Hall–Kier alpha value is -0.315. The molecule has 1 rings (SSSR count). The van der Waals surface area contributed by atoms with Crippen LogP contribution in [-0.4, -0.2) is 28.9 Å². The molecule has 0 bridgehead atoms. The zero-order chi connectivity index (χ0) is 7.56. The minimum Gasteiger partial charge on any atom is -0.423 e. The van der Waals surface area contributed by atoms with Gasteiger partial charge in [-0.3, -0.25) is 4.99 Å². The minimum atomic E-state index is -1.47. The molecule has 1 unspecified atom stereocenters. The van der Waals surface area contributed by atoms with E-state index in [2.05, 4.69) is 4.99 Å². The van der Waals surface area contributed by atoms with Crippen molar-refractivity contribution in [3.63, 3.8) is 0 Å². The first-order valence-corrected chi connectivity index (χ1v) is 3.37. The van der Waals surface area contributed by atoms with Crippen LogP contribution >= 0.6 is 11.6 Å². The van der Waals surface area contributed by atoms with Crippen molar-refractivity contribution >= 4 is 24.9 Å². The molecule has 2 N–H and O–H groups in total. The number of rotatable bonds is 1. The molecule has 0 saturated carbocycles. The molecule has 0 aliphatic carbocycles. The SMILES string of the molecule is OB(O)C1=CCC=NC1Cl. The Labute approximate surface area is 64.2 Å².